The number of rotatable bonds is 24. The van der Waals surface area contributed by atoms with Crippen molar-refractivity contribution in [3.63, 3.8) is 0 Å². The van der Waals surface area contributed by atoms with E-state index in [0.717, 1.165) is 13.8 Å². The zero-order valence-corrected chi connectivity index (χ0v) is 50.4. The van der Waals surface area contributed by atoms with Gasteiger partial charge in [0, 0.05) is 13.8 Å². The molecule has 95 heavy (non-hydrogen) atoms. The van der Waals surface area contributed by atoms with Crippen molar-refractivity contribution in [3.05, 3.63) is 0 Å². The van der Waals surface area contributed by atoms with E-state index >= 15 is 0 Å². The highest BCUT2D eigenvalue weighted by Crippen LogP contribution is 2.39. The molecule has 8 rings (SSSR count). The summed E-state index contributed by atoms with van der Waals surface area (Å²) in [7, 11) is 0. The largest absolute Gasteiger partial charge is 0.394 e. The van der Waals surface area contributed by atoms with E-state index in [1.54, 1.807) is 0 Å². The summed E-state index contributed by atoms with van der Waals surface area (Å²) in [5.74, 6) is -1.68. The maximum absolute atomic E-state index is 12.8. The number of hydrogen-bond donors (Lipinski definition) is 26. The Hall–Kier alpha value is -2.62. The summed E-state index contributed by atoms with van der Waals surface area (Å²) < 4.78 is 86.9. The molecule has 43 heteroatoms. The second kappa shape index (κ2) is 33.9. The summed E-state index contributed by atoms with van der Waals surface area (Å²) >= 11 is 0. The monoisotopic (exact) mass is 1400 g/mol. The van der Waals surface area contributed by atoms with Crippen molar-refractivity contribution in [2.75, 3.05) is 52.9 Å². The number of nitrogens with one attached hydrogen (secondary N) is 2. The van der Waals surface area contributed by atoms with Gasteiger partial charge in [0.2, 0.25) is 11.8 Å². The zero-order valence-electron chi connectivity index (χ0n) is 50.4. The standard InChI is InChI=1S/C52H88N2O41/c1-11(62)53-21-29(70)39(18(8-60)82-45(21)80)90-46-22(54-12(2)63)30(71)40(19(9-61)88-46)91-50-38(79)42(28(69)20(89-50)10-81-47-37(78)41(27(68)17(7-59)83-47)92-48-35(76)31(72)23(64)13(3-55)84-48)93-51-44(34(75)26(67)15(5-57)86-51)95-52-43(33(74)25(66)16(6-58)87-52)94-49-36(77)32(73)24(65)14(4-56)85-49/h13-52,55-61,64-80H,3-10H2,1-2H3,(H,53,62)(H,54,63)/t13-,14-,15-,16-,17-,18-,19-,20-,21-,22-,23-,24-,25-,26-,27-,28-,29-,30-,31+,32+,33+,34+,35+,36+,37+,38+,39-,40-,41+,42+,43+,44+,45?,46+,47+,48-,49-,50+,51-,52-/m1/s1. The fourth-order valence-corrected chi connectivity index (χ4v) is 12.1. The highest BCUT2D eigenvalue weighted by molar-refractivity contribution is 5.73. The summed E-state index contributed by atoms with van der Waals surface area (Å²) in [5, 5.41) is 267. The first kappa shape index (κ1) is 78.1. The van der Waals surface area contributed by atoms with Gasteiger partial charge in [0.1, 0.15) is 195 Å². The minimum Gasteiger partial charge on any atom is -0.394 e. The molecule has 0 aromatic rings. The molecule has 0 aromatic carbocycles. The number of amides is 2. The maximum Gasteiger partial charge on any atom is 0.217 e. The van der Waals surface area contributed by atoms with Gasteiger partial charge in [-0.15, -0.1) is 0 Å². The van der Waals surface area contributed by atoms with Crippen LogP contribution in [0.3, 0.4) is 0 Å². The van der Waals surface area contributed by atoms with E-state index in [1.165, 1.54) is 0 Å². The number of aliphatic hydroxyl groups excluding tert-OH is 24. The van der Waals surface area contributed by atoms with Gasteiger partial charge in [0.25, 0.3) is 0 Å². The SMILES string of the molecule is CC(=O)N[C@H]1[C@H](O[C@H]2[C@H](O)[C@@H](NC(C)=O)C(O)O[C@@H]2CO)O[C@H](CO)[C@@H](O[C@@H]2O[C@H](CO[C@H]3O[C@H](CO)[C@@H](O)[C@H](O[C@H]4O[C@H](CO)[C@@H](O)[C@H](O)[C@@H]4O)[C@@H]3O)[C@@H](O)[C@H](O[C@H]3O[C@H](CO)[C@@H](O)[C@H](O)[C@@H]3O[C@H]3O[C@H](CO)[C@@H](O)[C@H](O)[C@@H]3O[C@H]3O[C@H](CO)[C@@H](O)[C@H](O)[C@@H]3O)[C@@H]2O)[C@@H]1O. The molecule has 552 valence electrons. The van der Waals surface area contributed by atoms with Crippen LogP contribution in [0.1, 0.15) is 13.8 Å². The van der Waals surface area contributed by atoms with Crippen LogP contribution in [0.15, 0.2) is 0 Å². The van der Waals surface area contributed by atoms with E-state index in [4.69, 9.17) is 71.1 Å². The minimum absolute atomic E-state index is 0.766. The van der Waals surface area contributed by atoms with Gasteiger partial charge in [0.15, 0.2) is 50.3 Å². The van der Waals surface area contributed by atoms with E-state index < -0.39 is 310 Å². The topological polar surface area (TPSA) is 682 Å². The van der Waals surface area contributed by atoms with Crippen molar-refractivity contribution in [2.24, 2.45) is 0 Å². The van der Waals surface area contributed by atoms with Crippen LogP contribution in [-0.4, -0.2) is 433 Å². The van der Waals surface area contributed by atoms with E-state index in [9.17, 15) is 132 Å². The molecule has 0 radical (unpaired) electrons. The lowest BCUT2D eigenvalue weighted by atomic mass is 9.94. The molecule has 8 aliphatic rings. The van der Waals surface area contributed by atoms with E-state index in [0.29, 0.717) is 0 Å². The summed E-state index contributed by atoms with van der Waals surface area (Å²) in [5.41, 5.74) is 0. The summed E-state index contributed by atoms with van der Waals surface area (Å²) in [6.45, 7) is -6.47. The molecule has 0 saturated carbocycles. The Morgan fingerprint density at radius 3 is 1.02 bits per heavy atom. The molecule has 1 unspecified atom stereocenters. The molecular weight excluding hydrogens is 1310 g/mol. The molecule has 0 spiro atoms. The Morgan fingerprint density at radius 2 is 0.568 bits per heavy atom. The molecule has 26 N–H and O–H groups in total. The van der Waals surface area contributed by atoms with Gasteiger partial charge in [-0.25, -0.2) is 0 Å². The Kier molecular flexibility index (Phi) is 27.9. The van der Waals surface area contributed by atoms with E-state index in [-0.39, 0.29) is 0 Å². The van der Waals surface area contributed by atoms with Crippen LogP contribution in [0.5, 0.6) is 0 Å². The number of carbonyl (C=O) groups excluding carboxylic acids is 2. The molecule has 8 heterocycles. The lowest BCUT2D eigenvalue weighted by Gasteiger charge is -2.51. The molecule has 0 bridgehead atoms. The fourth-order valence-electron chi connectivity index (χ4n) is 12.1. The summed E-state index contributed by atoms with van der Waals surface area (Å²) in [6.07, 6.45) is -78.5. The first-order valence-corrected chi connectivity index (χ1v) is 30.1. The lowest BCUT2D eigenvalue weighted by molar-refractivity contribution is -0.408. The maximum atomic E-state index is 12.8. The highest BCUT2D eigenvalue weighted by Gasteiger charge is 2.60. The molecule has 40 atom stereocenters. The second-order valence-corrected chi connectivity index (χ2v) is 23.9. The minimum atomic E-state index is -2.51. The highest BCUT2D eigenvalue weighted by atomic mass is 16.8. The Balaban J connectivity index is 1.12. The molecule has 0 aromatic heterocycles. The molecule has 8 aliphatic heterocycles. The van der Waals surface area contributed by atoms with Gasteiger partial charge in [-0.2, -0.15) is 0 Å². The molecule has 2 amide bonds. The van der Waals surface area contributed by atoms with Crippen molar-refractivity contribution in [1.29, 1.82) is 0 Å². The van der Waals surface area contributed by atoms with Crippen molar-refractivity contribution < 1.29 is 203 Å². The van der Waals surface area contributed by atoms with Crippen LogP contribution < -0.4 is 10.6 Å². The van der Waals surface area contributed by atoms with Crippen molar-refractivity contribution >= 4 is 11.8 Å². The molecule has 8 saturated heterocycles. The molecule has 8 fully saturated rings. The van der Waals surface area contributed by atoms with Gasteiger partial charge >= 0.3 is 0 Å². The third-order valence-corrected chi connectivity index (χ3v) is 17.4. The third kappa shape index (κ3) is 16.8. The van der Waals surface area contributed by atoms with Crippen LogP contribution in [0.2, 0.25) is 0 Å². The quantitative estimate of drug-likeness (QED) is 0.0427. The van der Waals surface area contributed by atoms with Gasteiger partial charge in [-0.05, 0) is 0 Å². The van der Waals surface area contributed by atoms with Crippen molar-refractivity contribution in [2.45, 2.75) is 259 Å². The average molecular weight is 1400 g/mol. The zero-order chi connectivity index (χ0) is 69.9. The molecule has 43 nitrogen and oxygen atoms in total. The number of aliphatic hydroxyl groups is 24. The van der Waals surface area contributed by atoms with Gasteiger partial charge < -0.3 is 204 Å². The predicted molar refractivity (Wildman–Crippen MR) is 288 cm³/mol. The first-order chi connectivity index (χ1) is 45.0. The summed E-state index contributed by atoms with van der Waals surface area (Å²) in [6, 6.07) is -3.49. The van der Waals surface area contributed by atoms with Crippen LogP contribution in [-0.2, 0) is 80.6 Å². The van der Waals surface area contributed by atoms with Crippen LogP contribution in [0.25, 0.3) is 0 Å². The van der Waals surface area contributed by atoms with Crippen LogP contribution in [0, 0.1) is 0 Å². The number of ether oxygens (including phenoxy) is 15. The van der Waals surface area contributed by atoms with Crippen molar-refractivity contribution in [1.82, 2.24) is 10.6 Å². The Morgan fingerprint density at radius 1 is 0.274 bits per heavy atom. The lowest BCUT2D eigenvalue weighted by Crippen LogP contribution is -2.70. The predicted octanol–water partition coefficient (Wildman–Crippen LogP) is -18.2. The molecular formula is C52H88N2O41. The van der Waals surface area contributed by atoms with E-state index in [1.807, 2.05) is 0 Å². The smallest absolute Gasteiger partial charge is 0.217 e. The summed E-state index contributed by atoms with van der Waals surface area (Å²) in [4.78, 5) is 24.9. The van der Waals surface area contributed by atoms with Gasteiger partial charge in [-0.1, -0.05) is 0 Å². The Bertz CT molecular complexity index is 2380. The fraction of sp³-hybridized carbons (Fsp3) is 0.962. The number of carbonyl (C=O) groups is 2. The van der Waals surface area contributed by atoms with Gasteiger partial charge in [-0.3, -0.25) is 9.59 Å². The third-order valence-electron chi connectivity index (χ3n) is 17.4. The van der Waals surface area contributed by atoms with E-state index in [2.05, 4.69) is 10.6 Å². The second-order valence-electron chi connectivity index (χ2n) is 23.9. The average Bonchev–Trinajstić information content (AvgIpc) is 0.776. The Labute approximate surface area is 536 Å². The first-order valence-electron chi connectivity index (χ1n) is 30.1. The molecule has 0 aliphatic carbocycles. The number of hydrogen-bond acceptors (Lipinski definition) is 41. The van der Waals surface area contributed by atoms with Crippen LogP contribution in [0.4, 0.5) is 0 Å². The normalized spacial score (nSPS) is 50.8. The van der Waals surface area contributed by atoms with Crippen LogP contribution >= 0.6 is 0 Å². The van der Waals surface area contributed by atoms with Crippen molar-refractivity contribution in [3.8, 4) is 0 Å². The van der Waals surface area contributed by atoms with Gasteiger partial charge in [0.05, 0.1) is 52.9 Å².